The van der Waals surface area contributed by atoms with E-state index in [9.17, 15) is 14.4 Å². The Balaban J connectivity index is 5.06. The SMILES string of the molecule is CCOC(=O)[C@@](C)(CSC(C)(C)C)C(=O)OC(C)=O. The van der Waals surface area contributed by atoms with Crippen LogP contribution in [0.4, 0.5) is 0 Å². The van der Waals surface area contributed by atoms with Gasteiger partial charge in [0.2, 0.25) is 0 Å². The number of ether oxygens (including phenoxy) is 2. The van der Waals surface area contributed by atoms with Gasteiger partial charge >= 0.3 is 17.9 Å². The van der Waals surface area contributed by atoms with E-state index in [2.05, 4.69) is 4.74 Å². The van der Waals surface area contributed by atoms with Gasteiger partial charge in [0.25, 0.3) is 0 Å². The van der Waals surface area contributed by atoms with Crippen molar-refractivity contribution in [1.29, 1.82) is 0 Å². The van der Waals surface area contributed by atoms with Crippen LogP contribution in [-0.4, -0.2) is 35.0 Å². The van der Waals surface area contributed by atoms with Crippen molar-refractivity contribution in [3.63, 3.8) is 0 Å². The number of carbonyl (C=O) groups is 3. The third kappa shape index (κ3) is 6.09. The van der Waals surface area contributed by atoms with Crippen molar-refractivity contribution in [2.24, 2.45) is 5.41 Å². The molecule has 0 saturated heterocycles. The monoisotopic (exact) mass is 290 g/mol. The lowest BCUT2D eigenvalue weighted by Crippen LogP contribution is -2.43. The van der Waals surface area contributed by atoms with Gasteiger partial charge in [0.05, 0.1) is 6.61 Å². The van der Waals surface area contributed by atoms with Crippen molar-refractivity contribution in [2.45, 2.75) is 46.3 Å². The fourth-order valence-electron chi connectivity index (χ4n) is 1.10. The van der Waals surface area contributed by atoms with Crippen molar-refractivity contribution >= 4 is 29.7 Å². The number of rotatable bonds is 5. The van der Waals surface area contributed by atoms with E-state index in [1.807, 2.05) is 20.8 Å². The molecule has 0 aliphatic heterocycles. The third-order valence-electron chi connectivity index (χ3n) is 2.21. The summed E-state index contributed by atoms with van der Waals surface area (Å²) in [6.07, 6.45) is 0. The molecule has 0 saturated carbocycles. The number of hydrogen-bond acceptors (Lipinski definition) is 6. The summed E-state index contributed by atoms with van der Waals surface area (Å²) in [5.74, 6) is -2.07. The van der Waals surface area contributed by atoms with Gasteiger partial charge in [0.1, 0.15) is 0 Å². The minimum atomic E-state index is -1.47. The Labute approximate surface area is 118 Å². The predicted molar refractivity (Wildman–Crippen MR) is 73.7 cm³/mol. The van der Waals surface area contributed by atoms with Crippen molar-refractivity contribution in [3.8, 4) is 0 Å². The molecule has 0 bridgehead atoms. The van der Waals surface area contributed by atoms with Gasteiger partial charge in [-0.05, 0) is 13.8 Å². The molecule has 6 heteroatoms. The van der Waals surface area contributed by atoms with Gasteiger partial charge in [0.15, 0.2) is 5.41 Å². The Bertz CT molecular complexity index is 359. The zero-order valence-electron chi connectivity index (χ0n) is 12.4. The molecular weight excluding hydrogens is 268 g/mol. The van der Waals surface area contributed by atoms with Crippen molar-refractivity contribution in [3.05, 3.63) is 0 Å². The summed E-state index contributed by atoms with van der Waals surface area (Å²) in [5.41, 5.74) is -1.47. The third-order valence-corrected chi connectivity index (χ3v) is 3.79. The molecule has 1 atom stereocenters. The Morgan fingerprint density at radius 2 is 1.58 bits per heavy atom. The highest BCUT2D eigenvalue weighted by Crippen LogP contribution is 2.33. The van der Waals surface area contributed by atoms with Gasteiger partial charge in [-0.15, -0.1) is 0 Å². The Morgan fingerprint density at radius 1 is 1.05 bits per heavy atom. The molecule has 0 aromatic rings. The molecule has 0 spiro atoms. The highest BCUT2D eigenvalue weighted by atomic mass is 32.2. The molecular formula is C13H22O5S. The average Bonchev–Trinajstić information content (AvgIpc) is 2.24. The van der Waals surface area contributed by atoms with Crippen molar-refractivity contribution in [2.75, 3.05) is 12.4 Å². The van der Waals surface area contributed by atoms with Crippen LogP contribution in [0.15, 0.2) is 0 Å². The molecule has 5 nitrogen and oxygen atoms in total. The maximum atomic E-state index is 12.0. The van der Waals surface area contributed by atoms with Crippen LogP contribution < -0.4 is 0 Å². The first-order valence-corrected chi connectivity index (χ1v) is 7.05. The van der Waals surface area contributed by atoms with E-state index in [0.29, 0.717) is 0 Å². The minimum absolute atomic E-state index is 0.121. The molecule has 0 amide bonds. The van der Waals surface area contributed by atoms with E-state index in [1.165, 1.54) is 18.7 Å². The molecule has 0 aliphatic rings. The van der Waals surface area contributed by atoms with Gasteiger partial charge in [-0.1, -0.05) is 20.8 Å². The smallest absolute Gasteiger partial charge is 0.331 e. The quantitative estimate of drug-likeness (QED) is 0.571. The maximum Gasteiger partial charge on any atom is 0.331 e. The lowest BCUT2D eigenvalue weighted by Gasteiger charge is -2.27. The second-order valence-electron chi connectivity index (χ2n) is 5.33. The van der Waals surface area contributed by atoms with Gasteiger partial charge in [0, 0.05) is 17.4 Å². The second-order valence-corrected chi connectivity index (χ2v) is 7.14. The average molecular weight is 290 g/mol. The largest absolute Gasteiger partial charge is 0.465 e. The fraction of sp³-hybridized carbons (Fsp3) is 0.769. The van der Waals surface area contributed by atoms with Crippen molar-refractivity contribution < 1.29 is 23.9 Å². The number of carbonyl (C=O) groups excluding carboxylic acids is 3. The first-order valence-electron chi connectivity index (χ1n) is 6.07. The lowest BCUT2D eigenvalue weighted by molar-refractivity contribution is -0.173. The Hall–Kier alpha value is -1.04. The lowest BCUT2D eigenvalue weighted by atomic mass is 9.93. The summed E-state index contributed by atoms with van der Waals surface area (Å²) in [7, 11) is 0. The van der Waals surface area contributed by atoms with Crippen LogP contribution in [0, 0.1) is 5.41 Å². The van der Waals surface area contributed by atoms with E-state index < -0.39 is 23.3 Å². The molecule has 0 aromatic carbocycles. The Morgan fingerprint density at radius 3 is 1.95 bits per heavy atom. The summed E-state index contributed by atoms with van der Waals surface area (Å²) >= 11 is 1.44. The molecule has 0 fully saturated rings. The van der Waals surface area contributed by atoms with Gasteiger partial charge in [-0.2, -0.15) is 11.8 Å². The summed E-state index contributed by atoms with van der Waals surface area (Å²) in [6, 6.07) is 0. The topological polar surface area (TPSA) is 69.7 Å². The summed E-state index contributed by atoms with van der Waals surface area (Å²) < 4.78 is 9.35. The minimum Gasteiger partial charge on any atom is -0.465 e. The normalized spacial score (nSPS) is 14.4. The highest BCUT2D eigenvalue weighted by Gasteiger charge is 2.45. The zero-order chi connectivity index (χ0) is 15.3. The van der Waals surface area contributed by atoms with Gasteiger partial charge < -0.3 is 9.47 Å². The second kappa shape index (κ2) is 6.93. The van der Waals surface area contributed by atoms with Crippen LogP contribution >= 0.6 is 11.8 Å². The summed E-state index contributed by atoms with van der Waals surface area (Å²) in [6.45, 7) is 10.3. The first kappa shape index (κ1) is 18.0. The van der Waals surface area contributed by atoms with Crippen LogP contribution in [0.3, 0.4) is 0 Å². The number of esters is 3. The molecule has 110 valence electrons. The van der Waals surface area contributed by atoms with Gasteiger partial charge in [-0.3, -0.25) is 14.4 Å². The van der Waals surface area contributed by atoms with Crippen LogP contribution in [0.25, 0.3) is 0 Å². The number of thioether (sulfide) groups is 1. The molecule has 0 aliphatic carbocycles. The Kier molecular flexibility index (Phi) is 6.55. The van der Waals surface area contributed by atoms with Crippen LogP contribution in [0.2, 0.25) is 0 Å². The van der Waals surface area contributed by atoms with E-state index in [4.69, 9.17) is 4.74 Å². The van der Waals surface area contributed by atoms with Crippen molar-refractivity contribution in [1.82, 2.24) is 0 Å². The maximum absolute atomic E-state index is 12.0. The standard InChI is InChI=1S/C13H22O5S/c1-7-17-10(15)13(6,8-19-12(3,4)5)11(16)18-9(2)14/h7-8H2,1-6H3/t13-/m1/s1. The van der Waals surface area contributed by atoms with E-state index in [1.54, 1.807) is 6.92 Å². The first-order chi connectivity index (χ1) is 8.53. The molecule has 0 radical (unpaired) electrons. The molecule has 0 aromatic heterocycles. The van der Waals surface area contributed by atoms with E-state index in [-0.39, 0.29) is 17.1 Å². The van der Waals surface area contributed by atoms with Gasteiger partial charge in [-0.25, -0.2) is 0 Å². The summed E-state index contributed by atoms with van der Waals surface area (Å²) in [4.78, 5) is 34.8. The summed E-state index contributed by atoms with van der Waals surface area (Å²) in [5, 5.41) is 0. The molecule has 19 heavy (non-hydrogen) atoms. The predicted octanol–water partition coefficient (Wildman–Crippen LogP) is 2.18. The molecule has 0 unspecified atom stereocenters. The fourth-order valence-corrected chi connectivity index (χ4v) is 2.05. The van der Waals surface area contributed by atoms with Crippen LogP contribution in [-0.2, 0) is 23.9 Å². The number of hydrogen-bond donors (Lipinski definition) is 0. The van der Waals surface area contributed by atoms with E-state index in [0.717, 1.165) is 6.92 Å². The zero-order valence-corrected chi connectivity index (χ0v) is 13.2. The van der Waals surface area contributed by atoms with Crippen LogP contribution in [0.1, 0.15) is 41.5 Å². The molecule has 0 N–H and O–H groups in total. The molecule has 0 heterocycles. The highest BCUT2D eigenvalue weighted by molar-refractivity contribution is 8.00. The van der Waals surface area contributed by atoms with Crippen LogP contribution in [0.5, 0.6) is 0 Å². The molecule has 0 rings (SSSR count). The van der Waals surface area contributed by atoms with E-state index >= 15 is 0 Å².